The largest absolute Gasteiger partial charge is 0.363 e. The monoisotopic (exact) mass is 141 g/mol. The van der Waals surface area contributed by atoms with E-state index in [1.54, 1.807) is 0 Å². The maximum absolute atomic E-state index is 5.34. The van der Waals surface area contributed by atoms with E-state index in [9.17, 15) is 0 Å². The topological polar surface area (TPSA) is 30.8 Å². The van der Waals surface area contributed by atoms with E-state index in [2.05, 4.69) is 5.16 Å². The molecule has 2 rings (SSSR count). The number of nitrogens with zero attached hydrogens (tertiary/aromatic N) is 1. The van der Waals surface area contributed by atoms with Crippen LogP contribution in [0, 0.1) is 5.92 Å². The number of fused-ring (bicyclic) bond motifs is 1. The van der Waals surface area contributed by atoms with Crippen LogP contribution in [0.1, 0.15) is 19.8 Å². The van der Waals surface area contributed by atoms with Crippen molar-refractivity contribution in [2.75, 3.05) is 6.61 Å². The lowest BCUT2D eigenvalue weighted by atomic mass is 9.97. The van der Waals surface area contributed by atoms with Crippen LogP contribution in [0.15, 0.2) is 5.16 Å². The molecule has 3 nitrogen and oxygen atoms in total. The first-order chi connectivity index (χ1) is 4.88. The molecule has 0 aromatic heterocycles. The van der Waals surface area contributed by atoms with E-state index < -0.39 is 0 Å². The molecule has 0 aromatic carbocycles. The number of oxime groups is 1. The summed E-state index contributed by atoms with van der Waals surface area (Å²) in [6, 6.07) is 0. The third kappa shape index (κ3) is 0.814. The molecule has 0 radical (unpaired) electrons. The second-order valence-electron chi connectivity index (χ2n) is 2.83. The fourth-order valence-electron chi connectivity index (χ4n) is 1.47. The Morgan fingerprint density at radius 3 is 3.30 bits per heavy atom. The molecule has 0 aromatic rings. The summed E-state index contributed by atoms with van der Waals surface area (Å²) in [5.41, 5.74) is 1.09. The van der Waals surface area contributed by atoms with Crippen molar-refractivity contribution in [1.29, 1.82) is 0 Å². The number of hydrogen-bond acceptors (Lipinski definition) is 3. The quantitative estimate of drug-likeness (QED) is 0.506. The van der Waals surface area contributed by atoms with Gasteiger partial charge in [0.1, 0.15) is 0 Å². The summed E-state index contributed by atoms with van der Waals surface area (Å²) in [6.45, 7) is 2.82. The normalized spacial score (nSPS) is 38.3. The third-order valence-electron chi connectivity index (χ3n) is 2.11. The molecule has 0 aliphatic carbocycles. The highest BCUT2D eigenvalue weighted by atomic mass is 16.8. The van der Waals surface area contributed by atoms with Crippen molar-refractivity contribution in [1.82, 2.24) is 0 Å². The van der Waals surface area contributed by atoms with Crippen molar-refractivity contribution < 1.29 is 9.57 Å². The first-order valence-corrected chi connectivity index (χ1v) is 3.70. The predicted octanol–water partition coefficient (Wildman–Crippen LogP) is 1.15. The van der Waals surface area contributed by atoms with Gasteiger partial charge in [-0.15, -0.1) is 0 Å². The lowest BCUT2D eigenvalue weighted by Gasteiger charge is -2.22. The summed E-state index contributed by atoms with van der Waals surface area (Å²) >= 11 is 0. The molecule has 1 saturated heterocycles. The van der Waals surface area contributed by atoms with Gasteiger partial charge in [-0.25, -0.2) is 0 Å². The Morgan fingerprint density at radius 1 is 1.60 bits per heavy atom. The molecule has 3 heteroatoms. The van der Waals surface area contributed by atoms with Crippen molar-refractivity contribution in [2.24, 2.45) is 11.1 Å². The minimum absolute atomic E-state index is 0.0613. The van der Waals surface area contributed by atoms with Crippen LogP contribution in [0.3, 0.4) is 0 Å². The SMILES string of the molecule is CC1=NOC2OCCCC12. The highest BCUT2D eigenvalue weighted by molar-refractivity contribution is 5.85. The van der Waals surface area contributed by atoms with Crippen molar-refractivity contribution in [2.45, 2.75) is 26.1 Å². The van der Waals surface area contributed by atoms with Crippen LogP contribution in [0.2, 0.25) is 0 Å². The minimum atomic E-state index is -0.0613. The molecule has 0 saturated carbocycles. The van der Waals surface area contributed by atoms with Crippen LogP contribution in [-0.2, 0) is 9.57 Å². The summed E-state index contributed by atoms with van der Waals surface area (Å²) in [5, 5.41) is 3.87. The van der Waals surface area contributed by atoms with Gasteiger partial charge in [0.05, 0.1) is 18.2 Å². The van der Waals surface area contributed by atoms with Crippen LogP contribution >= 0.6 is 0 Å². The van der Waals surface area contributed by atoms with E-state index in [1.807, 2.05) is 6.92 Å². The Bertz CT molecular complexity index is 167. The predicted molar refractivity (Wildman–Crippen MR) is 36.7 cm³/mol. The fourth-order valence-corrected chi connectivity index (χ4v) is 1.47. The van der Waals surface area contributed by atoms with Gasteiger partial charge in [0, 0.05) is 0 Å². The van der Waals surface area contributed by atoms with E-state index in [1.165, 1.54) is 6.42 Å². The fraction of sp³-hybridized carbons (Fsp3) is 0.857. The molecule has 1 fully saturated rings. The van der Waals surface area contributed by atoms with Crippen LogP contribution in [0.5, 0.6) is 0 Å². The molecule has 0 spiro atoms. The van der Waals surface area contributed by atoms with E-state index in [4.69, 9.17) is 9.57 Å². The molecule has 2 aliphatic rings. The third-order valence-corrected chi connectivity index (χ3v) is 2.11. The second-order valence-corrected chi connectivity index (χ2v) is 2.83. The summed E-state index contributed by atoms with van der Waals surface area (Å²) in [5.74, 6) is 0.439. The van der Waals surface area contributed by atoms with Crippen LogP contribution in [0.4, 0.5) is 0 Å². The molecular formula is C7H11NO2. The van der Waals surface area contributed by atoms with Gasteiger partial charge in [0.25, 0.3) is 0 Å². The molecule has 2 atom stereocenters. The Labute approximate surface area is 60.0 Å². The van der Waals surface area contributed by atoms with E-state index in [0.29, 0.717) is 5.92 Å². The minimum Gasteiger partial charge on any atom is -0.363 e. The average molecular weight is 141 g/mol. The summed E-state index contributed by atoms with van der Waals surface area (Å²) in [6.07, 6.45) is 2.24. The van der Waals surface area contributed by atoms with Crippen molar-refractivity contribution in [3.05, 3.63) is 0 Å². The second kappa shape index (κ2) is 2.23. The van der Waals surface area contributed by atoms with Crippen LogP contribution in [-0.4, -0.2) is 18.6 Å². The Hall–Kier alpha value is -0.570. The Kier molecular flexibility index (Phi) is 1.38. The van der Waals surface area contributed by atoms with Gasteiger partial charge in [-0.1, -0.05) is 5.16 Å². The van der Waals surface area contributed by atoms with Gasteiger partial charge in [-0.3, -0.25) is 0 Å². The zero-order valence-electron chi connectivity index (χ0n) is 6.04. The van der Waals surface area contributed by atoms with E-state index >= 15 is 0 Å². The molecule has 0 N–H and O–H groups in total. The van der Waals surface area contributed by atoms with Gasteiger partial charge in [-0.2, -0.15) is 0 Å². The molecule has 0 amide bonds. The van der Waals surface area contributed by atoms with E-state index in [-0.39, 0.29) is 6.29 Å². The van der Waals surface area contributed by atoms with Crippen molar-refractivity contribution >= 4 is 5.71 Å². The standard InChI is InChI=1S/C7H11NO2/c1-5-6-3-2-4-9-7(6)10-8-5/h6-7H,2-4H2,1H3. The molecule has 0 bridgehead atoms. The van der Waals surface area contributed by atoms with Gasteiger partial charge >= 0.3 is 0 Å². The van der Waals surface area contributed by atoms with Crippen LogP contribution in [0.25, 0.3) is 0 Å². The van der Waals surface area contributed by atoms with Gasteiger partial charge < -0.3 is 9.57 Å². The number of ether oxygens (including phenoxy) is 1. The molecule has 2 aliphatic heterocycles. The number of rotatable bonds is 0. The lowest BCUT2D eigenvalue weighted by Crippen LogP contribution is -2.29. The first kappa shape index (κ1) is 6.16. The molecular weight excluding hydrogens is 130 g/mol. The maximum atomic E-state index is 5.34. The van der Waals surface area contributed by atoms with Gasteiger partial charge in [0.15, 0.2) is 0 Å². The summed E-state index contributed by atoms with van der Waals surface area (Å²) < 4.78 is 5.34. The Balaban J connectivity index is 2.08. The average Bonchev–Trinajstić information content (AvgIpc) is 2.34. The molecule has 2 heterocycles. The molecule has 10 heavy (non-hydrogen) atoms. The first-order valence-electron chi connectivity index (χ1n) is 3.70. The van der Waals surface area contributed by atoms with Gasteiger partial charge in [-0.05, 0) is 19.8 Å². The molecule has 56 valence electrons. The van der Waals surface area contributed by atoms with Crippen molar-refractivity contribution in [3.63, 3.8) is 0 Å². The van der Waals surface area contributed by atoms with Gasteiger partial charge in [0.2, 0.25) is 6.29 Å². The maximum Gasteiger partial charge on any atom is 0.235 e. The number of hydrogen-bond donors (Lipinski definition) is 0. The smallest absolute Gasteiger partial charge is 0.235 e. The van der Waals surface area contributed by atoms with Crippen molar-refractivity contribution in [3.8, 4) is 0 Å². The van der Waals surface area contributed by atoms with E-state index in [0.717, 1.165) is 18.7 Å². The molecule has 2 unspecified atom stereocenters. The van der Waals surface area contributed by atoms with Crippen LogP contribution < -0.4 is 0 Å². The highest BCUT2D eigenvalue weighted by Crippen LogP contribution is 2.27. The summed E-state index contributed by atoms with van der Waals surface area (Å²) in [7, 11) is 0. The summed E-state index contributed by atoms with van der Waals surface area (Å²) in [4.78, 5) is 5.03. The Morgan fingerprint density at radius 2 is 2.50 bits per heavy atom. The zero-order chi connectivity index (χ0) is 6.97. The zero-order valence-corrected chi connectivity index (χ0v) is 6.04. The highest BCUT2D eigenvalue weighted by Gasteiger charge is 2.34. The lowest BCUT2D eigenvalue weighted by molar-refractivity contribution is -0.162.